The van der Waals surface area contributed by atoms with Crippen LogP contribution in [-0.4, -0.2) is 36.2 Å². The smallest absolute Gasteiger partial charge is 0.287 e. The topological polar surface area (TPSA) is 58.6 Å². The Labute approximate surface area is 108 Å². The first-order valence-corrected chi connectivity index (χ1v) is 5.53. The minimum Gasteiger partial charge on any atom is -0.481 e. The van der Waals surface area contributed by atoms with Crippen LogP contribution in [0.25, 0.3) is 0 Å². The molecule has 0 fully saturated rings. The van der Waals surface area contributed by atoms with Crippen LogP contribution < -0.4 is 10.1 Å². The summed E-state index contributed by atoms with van der Waals surface area (Å²) in [6.45, 7) is -0.949. The maximum absolute atomic E-state index is 12.7. The molecule has 0 aliphatic heterocycles. The molecular weight excluding hydrogens is 263 g/mol. The number of rotatable bonds is 6. The zero-order chi connectivity index (χ0) is 14.5. The quantitative estimate of drug-likeness (QED) is 0.825. The summed E-state index contributed by atoms with van der Waals surface area (Å²) in [5.41, 5.74) is 0. The fraction of sp³-hybridized carbons (Fsp3) is 0.417. The van der Waals surface area contributed by atoms with E-state index in [0.29, 0.717) is 0 Å². The van der Waals surface area contributed by atoms with Crippen molar-refractivity contribution in [1.82, 2.24) is 5.32 Å². The van der Waals surface area contributed by atoms with E-state index in [1.54, 1.807) is 0 Å². The van der Waals surface area contributed by atoms with E-state index >= 15 is 0 Å². The molecule has 106 valence electrons. The first-order chi connectivity index (χ1) is 8.84. The van der Waals surface area contributed by atoms with Crippen molar-refractivity contribution in [1.29, 1.82) is 0 Å². The van der Waals surface area contributed by atoms with Crippen LogP contribution in [0.1, 0.15) is 6.92 Å². The van der Waals surface area contributed by atoms with Crippen molar-refractivity contribution in [3.63, 3.8) is 0 Å². The largest absolute Gasteiger partial charge is 0.481 e. The molecule has 0 aliphatic rings. The highest BCUT2D eigenvalue weighted by molar-refractivity contribution is 5.80. The van der Waals surface area contributed by atoms with Gasteiger partial charge in [-0.05, 0) is 31.2 Å². The maximum Gasteiger partial charge on any atom is 0.287 e. The summed E-state index contributed by atoms with van der Waals surface area (Å²) >= 11 is 0. The Morgan fingerprint density at radius 3 is 2.53 bits per heavy atom. The minimum atomic E-state index is -3.37. The van der Waals surface area contributed by atoms with Crippen LogP contribution in [0.15, 0.2) is 24.3 Å². The van der Waals surface area contributed by atoms with Gasteiger partial charge in [-0.25, -0.2) is 13.2 Å². The SMILES string of the molecule is CC(Oc1ccc(F)cc1)C(=O)NCC(F)(F)CO. The molecule has 0 heterocycles. The highest BCUT2D eigenvalue weighted by atomic mass is 19.3. The highest BCUT2D eigenvalue weighted by Crippen LogP contribution is 2.13. The molecule has 0 radical (unpaired) electrons. The lowest BCUT2D eigenvalue weighted by Crippen LogP contribution is -2.44. The Morgan fingerprint density at radius 2 is 2.00 bits per heavy atom. The number of aliphatic hydroxyl groups excluding tert-OH is 1. The fourth-order valence-corrected chi connectivity index (χ4v) is 1.19. The molecule has 1 aromatic rings. The number of hydrogen-bond donors (Lipinski definition) is 2. The van der Waals surface area contributed by atoms with E-state index in [-0.39, 0.29) is 5.75 Å². The van der Waals surface area contributed by atoms with Crippen LogP contribution in [-0.2, 0) is 4.79 Å². The van der Waals surface area contributed by atoms with Gasteiger partial charge < -0.3 is 15.2 Å². The lowest BCUT2D eigenvalue weighted by molar-refractivity contribution is -0.130. The number of aliphatic hydroxyl groups is 1. The van der Waals surface area contributed by atoms with Gasteiger partial charge in [0, 0.05) is 0 Å². The molecule has 4 nitrogen and oxygen atoms in total. The van der Waals surface area contributed by atoms with Crippen molar-refractivity contribution in [3.05, 3.63) is 30.1 Å². The van der Waals surface area contributed by atoms with Crippen LogP contribution >= 0.6 is 0 Å². The normalized spacial score (nSPS) is 12.9. The van der Waals surface area contributed by atoms with E-state index in [1.807, 2.05) is 5.32 Å². The van der Waals surface area contributed by atoms with Gasteiger partial charge in [0.05, 0.1) is 6.54 Å². The Hall–Kier alpha value is -1.76. The lowest BCUT2D eigenvalue weighted by atomic mass is 10.3. The molecule has 1 unspecified atom stereocenters. The van der Waals surface area contributed by atoms with Gasteiger partial charge in [-0.15, -0.1) is 0 Å². The monoisotopic (exact) mass is 277 g/mol. The van der Waals surface area contributed by atoms with Gasteiger partial charge in [0.25, 0.3) is 11.8 Å². The zero-order valence-electron chi connectivity index (χ0n) is 10.2. The predicted octanol–water partition coefficient (Wildman–Crippen LogP) is 1.34. The fourth-order valence-electron chi connectivity index (χ4n) is 1.19. The summed E-state index contributed by atoms with van der Waals surface area (Å²) < 4.78 is 43.2. The van der Waals surface area contributed by atoms with Gasteiger partial charge >= 0.3 is 0 Å². The molecule has 0 saturated heterocycles. The molecule has 0 saturated carbocycles. The zero-order valence-corrected chi connectivity index (χ0v) is 10.2. The van der Waals surface area contributed by atoms with E-state index in [9.17, 15) is 18.0 Å². The molecule has 19 heavy (non-hydrogen) atoms. The molecule has 0 aliphatic carbocycles. The van der Waals surface area contributed by atoms with E-state index in [1.165, 1.54) is 19.1 Å². The number of carbonyl (C=O) groups is 1. The molecule has 0 spiro atoms. The first-order valence-electron chi connectivity index (χ1n) is 5.53. The van der Waals surface area contributed by atoms with Gasteiger partial charge in [-0.3, -0.25) is 4.79 Å². The van der Waals surface area contributed by atoms with Crippen LogP contribution in [0.5, 0.6) is 5.75 Å². The third kappa shape index (κ3) is 5.17. The third-order valence-electron chi connectivity index (χ3n) is 2.25. The number of nitrogens with one attached hydrogen (secondary N) is 1. The van der Waals surface area contributed by atoms with Crippen molar-refractivity contribution in [2.45, 2.75) is 19.0 Å². The van der Waals surface area contributed by atoms with Gasteiger partial charge in [-0.2, -0.15) is 0 Å². The maximum atomic E-state index is 12.7. The number of benzene rings is 1. The van der Waals surface area contributed by atoms with Crippen LogP contribution in [0.4, 0.5) is 13.2 Å². The molecule has 1 atom stereocenters. The standard InChI is InChI=1S/C12H14F3NO3/c1-8(11(18)16-6-12(14,15)7-17)19-10-4-2-9(13)3-5-10/h2-5,8,17H,6-7H2,1H3,(H,16,18). The summed E-state index contributed by atoms with van der Waals surface area (Å²) in [6, 6.07) is 4.95. The van der Waals surface area contributed by atoms with Crippen molar-refractivity contribution in [3.8, 4) is 5.75 Å². The number of hydrogen-bond acceptors (Lipinski definition) is 3. The number of halogens is 3. The Morgan fingerprint density at radius 1 is 1.42 bits per heavy atom. The second-order valence-electron chi connectivity index (χ2n) is 3.95. The van der Waals surface area contributed by atoms with Crippen LogP contribution in [0, 0.1) is 5.82 Å². The van der Waals surface area contributed by atoms with E-state index < -0.39 is 36.9 Å². The molecule has 0 aromatic heterocycles. The summed E-state index contributed by atoms with van der Waals surface area (Å²) in [5.74, 6) is -4.33. The summed E-state index contributed by atoms with van der Waals surface area (Å²) in [7, 11) is 0. The minimum absolute atomic E-state index is 0.248. The van der Waals surface area contributed by atoms with E-state index in [4.69, 9.17) is 9.84 Å². The Kier molecular flexibility index (Phi) is 5.17. The number of carbonyl (C=O) groups excluding carboxylic acids is 1. The molecule has 0 bridgehead atoms. The molecular formula is C12H14F3NO3. The lowest BCUT2D eigenvalue weighted by Gasteiger charge is -2.17. The summed E-state index contributed by atoms with van der Waals surface area (Å²) in [4.78, 5) is 11.5. The molecule has 7 heteroatoms. The molecule has 1 rings (SSSR count). The second-order valence-corrected chi connectivity index (χ2v) is 3.95. The summed E-state index contributed by atoms with van der Waals surface area (Å²) in [5, 5.41) is 10.3. The highest BCUT2D eigenvalue weighted by Gasteiger charge is 2.29. The number of alkyl halides is 2. The molecule has 1 amide bonds. The van der Waals surface area contributed by atoms with Gasteiger partial charge in [-0.1, -0.05) is 0 Å². The first kappa shape index (κ1) is 15.3. The van der Waals surface area contributed by atoms with Crippen molar-refractivity contribution in [2.75, 3.05) is 13.2 Å². The average Bonchev–Trinajstić information content (AvgIpc) is 2.38. The average molecular weight is 277 g/mol. The van der Waals surface area contributed by atoms with Gasteiger partial charge in [0.15, 0.2) is 6.10 Å². The van der Waals surface area contributed by atoms with Gasteiger partial charge in [0.1, 0.15) is 18.2 Å². The number of ether oxygens (including phenoxy) is 1. The van der Waals surface area contributed by atoms with E-state index in [0.717, 1.165) is 12.1 Å². The summed E-state index contributed by atoms with van der Waals surface area (Å²) in [6.07, 6.45) is -1.01. The van der Waals surface area contributed by atoms with E-state index in [2.05, 4.69) is 0 Å². The van der Waals surface area contributed by atoms with Crippen molar-refractivity contribution < 1.29 is 27.8 Å². The van der Waals surface area contributed by atoms with Crippen molar-refractivity contribution in [2.24, 2.45) is 0 Å². The number of amides is 1. The van der Waals surface area contributed by atoms with Gasteiger partial charge in [0.2, 0.25) is 0 Å². The van der Waals surface area contributed by atoms with Crippen LogP contribution in [0.2, 0.25) is 0 Å². The predicted molar refractivity (Wildman–Crippen MR) is 61.5 cm³/mol. The Balaban J connectivity index is 2.47. The Bertz CT molecular complexity index is 423. The molecule has 2 N–H and O–H groups in total. The molecule has 1 aromatic carbocycles. The van der Waals surface area contributed by atoms with Crippen LogP contribution in [0.3, 0.4) is 0 Å². The third-order valence-corrected chi connectivity index (χ3v) is 2.25. The second kappa shape index (κ2) is 6.42. The van der Waals surface area contributed by atoms with Crippen molar-refractivity contribution >= 4 is 5.91 Å².